The first kappa shape index (κ1) is 71.7. The molecule has 0 saturated heterocycles. The highest BCUT2D eigenvalue weighted by Crippen LogP contribution is 2.19. The van der Waals surface area contributed by atoms with Crippen molar-refractivity contribution in [3.63, 3.8) is 0 Å². The van der Waals surface area contributed by atoms with Crippen LogP contribution in [0, 0.1) is 23.7 Å². The Morgan fingerprint density at radius 1 is 0.378 bits per heavy atom. The minimum atomic E-state index is -0.391. The third-order valence-corrected chi connectivity index (χ3v) is 13.8. The van der Waals surface area contributed by atoms with E-state index in [0.717, 1.165) is 161 Å². The van der Waals surface area contributed by atoms with E-state index in [1.54, 1.807) is 0 Å². The van der Waals surface area contributed by atoms with Crippen molar-refractivity contribution in [1.82, 2.24) is 4.90 Å². The smallest absolute Gasteiger partial charge is 0.305 e. The number of carbonyl (C=O) groups is 2. The van der Waals surface area contributed by atoms with Crippen LogP contribution in [0.3, 0.4) is 0 Å². The molecule has 4 unspecified atom stereocenters. The number of aliphatic hydroxyl groups is 1. The van der Waals surface area contributed by atoms with E-state index in [4.69, 9.17) is 28.4 Å². The van der Waals surface area contributed by atoms with Crippen molar-refractivity contribution in [2.24, 2.45) is 23.7 Å². The SMILES string of the molecule is CC(C)=CCCC(C)CCOC(CCC(=O)OCCCCCCN(CCCCO)CCCCCCOC(=O)CCC(OCCC(C)CCC=C(C)C)OCCC(C)CCC=C(C)C)OCCC(C)CCC=C(C)C. The summed E-state index contributed by atoms with van der Waals surface area (Å²) in [7, 11) is 0. The lowest BCUT2D eigenvalue weighted by Crippen LogP contribution is -2.27. The molecule has 0 aromatic rings. The number of esters is 2. The Morgan fingerprint density at radius 3 is 0.946 bits per heavy atom. The van der Waals surface area contributed by atoms with E-state index in [1.807, 2.05) is 0 Å². The second-order valence-electron chi connectivity index (χ2n) is 23.0. The Balaban J connectivity index is 4.64. The zero-order chi connectivity index (χ0) is 55.0. The van der Waals surface area contributed by atoms with Gasteiger partial charge in [-0.3, -0.25) is 9.59 Å². The molecule has 0 saturated carbocycles. The molecular weight excluding hydrogens is 927 g/mol. The van der Waals surface area contributed by atoms with E-state index in [-0.39, 0.29) is 18.5 Å². The summed E-state index contributed by atoms with van der Waals surface area (Å²) in [5, 5.41) is 9.41. The van der Waals surface area contributed by atoms with Crippen molar-refractivity contribution in [3.05, 3.63) is 46.6 Å². The number of rotatable bonds is 52. The summed E-state index contributed by atoms with van der Waals surface area (Å²) < 4.78 is 36.2. The Bertz CT molecular complexity index is 1270. The number of hydrogen-bond acceptors (Lipinski definition) is 10. The van der Waals surface area contributed by atoms with Crippen LogP contribution in [0.1, 0.15) is 250 Å². The number of hydrogen-bond donors (Lipinski definition) is 1. The number of allylic oxidation sites excluding steroid dienone is 8. The van der Waals surface area contributed by atoms with Gasteiger partial charge in [0.05, 0.1) is 26.1 Å². The number of aliphatic hydroxyl groups excluding tert-OH is 1. The molecule has 0 rings (SSSR count). The maximum atomic E-state index is 12.8. The summed E-state index contributed by atoms with van der Waals surface area (Å²) in [5.74, 6) is 1.92. The first-order valence-corrected chi connectivity index (χ1v) is 30.1. The predicted molar refractivity (Wildman–Crippen MR) is 311 cm³/mol. The van der Waals surface area contributed by atoms with E-state index in [9.17, 15) is 14.7 Å². The average molecular weight is 1050 g/mol. The van der Waals surface area contributed by atoms with Crippen molar-refractivity contribution < 1.29 is 43.1 Å². The normalized spacial score (nSPS) is 13.9. The Kier molecular flexibility index (Phi) is 48.6. The van der Waals surface area contributed by atoms with Crippen LogP contribution in [0.25, 0.3) is 0 Å². The quantitative estimate of drug-likeness (QED) is 0.0273. The summed E-state index contributed by atoms with van der Waals surface area (Å²) in [4.78, 5) is 28.1. The lowest BCUT2D eigenvalue weighted by Gasteiger charge is -2.22. The number of nitrogens with zero attached hydrogens (tertiary/aromatic N) is 1. The summed E-state index contributed by atoms with van der Waals surface area (Å²) in [6.07, 6.45) is 32.9. The van der Waals surface area contributed by atoms with Gasteiger partial charge in [0.25, 0.3) is 0 Å². The van der Waals surface area contributed by atoms with Gasteiger partial charge in [0.1, 0.15) is 0 Å². The summed E-state index contributed by atoms with van der Waals surface area (Å²) in [5.41, 5.74) is 5.46. The molecule has 4 atom stereocenters. The fourth-order valence-corrected chi connectivity index (χ4v) is 8.59. The molecule has 10 nitrogen and oxygen atoms in total. The molecule has 0 aromatic heterocycles. The monoisotopic (exact) mass is 1050 g/mol. The van der Waals surface area contributed by atoms with Crippen molar-refractivity contribution in [2.45, 2.75) is 263 Å². The van der Waals surface area contributed by atoms with Gasteiger partial charge < -0.3 is 38.4 Å². The first-order valence-electron chi connectivity index (χ1n) is 30.1. The van der Waals surface area contributed by atoms with Gasteiger partial charge in [-0.2, -0.15) is 0 Å². The molecule has 0 aliphatic rings. The second kappa shape index (κ2) is 50.2. The fourth-order valence-electron chi connectivity index (χ4n) is 8.59. The maximum absolute atomic E-state index is 12.8. The van der Waals surface area contributed by atoms with Crippen LogP contribution in [0.4, 0.5) is 0 Å². The van der Waals surface area contributed by atoms with Gasteiger partial charge in [0.15, 0.2) is 12.6 Å². The van der Waals surface area contributed by atoms with Crippen LogP contribution in [-0.4, -0.2) is 100 Å². The molecular formula is C64H119NO9. The highest BCUT2D eigenvalue weighted by atomic mass is 16.7. The molecule has 434 valence electrons. The Morgan fingerprint density at radius 2 is 0.662 bits per heavy atom. The van der Waals surface area contributed by atoms with Gasteiger partial charge in [0.2, 0.25) is 0 Å². The third-order valence-electron chi connectivity index (χ3n) is 13.8. The number of unbranched alkanes of at least 4 members (excludes halogenated alkanes) is 7. The Hall–Kier alpha value is -2.34. The molecule has 0 bridgehead atoms. The largest absolute Gasteiger partial charge is 0.466 e. The molecule has 0 aliphatic heterocycles. The zero-order valence-corrected chi connectivity index (χ0v) is 50.4. The van der Waals surface area contributed by atoms with E-state index in [1.165, 1.54) is 22.3 Å². The number of carbonyl (C=O) groups excluding carboxylic acids is 2. The minimum absolute atomic E-state index is 0.177. The average Bonchev–Trinajstić information content (AvgIpc) is 3.33. The van der Waals surface area contributed by atoms with Crippen LogP contribution >= 0.6 is 0 Å². The molecule has 0 spiro atoms. The van der Waals surface area contributed by atoms with Crippen LogP contribution in [0.5, 0.6) is 0 Å². The third kappa shape index (κ3) is 50.5. The van der Waals surface area contributed by atoms with Crippen molar-refractivity contribution in [2.75, 3.05) is 65.9 Å². The minimum Gasteiger partial charge on any atom is -0.466 e. The first-order chi connectivity index (χ1) is 35.5. The van der Waals surface area contributed by atoms with Crippen molar-refractivity contribution >= 4 is 11.9 Å². The fraction of sp³-hybridized carbons (Fsp3) is 0.844. The molecule has 0 aromatic carbocycles. The van der Waals surface area contributed by atoms with Crippen molar-refractivity contribution in [3.8, 4) is 0 Å². The van der Waals surface area contributed by atoms with E-state index < -0.39 is 12.6 Å². The molecule has 10 heteroatoms. The van der Waals surface area contributed by atoms with Crippen LogP contribution in [0.2, 0.25) is 0 Å². The van der Waals surface area contributed by atoms with Crippen LogP contribution in [-0.2, 0) is 38.0 Å². The van der Waals surface area contributed by atoms with Gasteiger partial charge in [-0.05, 0) is 214 Å². The van der Waals surface area contributed by atoms with Gasteiger partial charge in [0, 0.05) is 45.9 Å². The molecule has 0 amide bonds. The highest BCUT2D eigenvalue weighted by Gasteiger charge is 2.17. The molecule has 0 heterocycles. The van der Waals surface area contributed by atoms with E-state index in [0.29, 0.717) is 89.0 Å². The van der Waals surface area contributed by atoms with E-state index in [2.05, 4.69) is 112 Å². The lowest BCUT2D eigenvalue weighted by molar-refractivity contribution is -0.161. The predicted octanol–water partition coefficient (Wildman–Crippen LogP) is 16.6. The zero-order valence-electron chi connectivity index (χ0n) is 50.4. The number of ether oxygens (including phenoxy) is 6. The Labute approximate surface area is 457 Å². The summed E-state index contributed by atoms with van der Waals surface area (Å²) in [6, 6.07) is 0. The van der Waals surface area contributed by atoms with Crippen LogP contribution in [0.15, 0.2) is 46.6 Å². The molecule has 0 aliphatic carbocycles. The van der Waals surface area contributed by atoms with Gasteiger partial charge >= 0.3 is 11.9 Å². The molecule has 74 heavy (non-hydrogen) atoms. The van der Waals surface area contributed by atoms with Gasteiger partial charge in [-0.1, -0.05) is 100.0 Å². The summed E-state index contributed by atoms with van der Waals surface area (Å²) in [6.45, 7) is 33.0. The topological polar surface area (TPSA) is 113 Å². The molecule has 0 fully saturated rings. The molecule has 1 N–H and O–H groups in total. The maximum Gasteiger partial charge on any atom is 0.305 e. The highest BCUT2D eigenvalue weighted by molar-refractivity contribution is 5.69. The van der Waals surface area contributed by atoms with Gasteiger partial charge in [-0.25, -0.2) is 0 Å². The van der Waals surface area contributed by atoms with Gasteiger partial charge in [-0.15, -0.1) is 0 Å². The standard InChI is InChI=1S/C64H119NO9/c1-53(2)27-23-31-57(9)39-49-71-63(72-50-40-58(10)32-24-28-54(3)4)37-35-61(67)69-47-21-15-13-17-43-65(45-19-20-46-66)44-18-14-16-22-48-70-62(68)36-38-64(73-51-41-59(11)33-25-29-55(5)6)74-52-42-60(12)34-26-30-56(7)8/h27-30,57-60,63-64,66H,13-26,31-52H2,1-12H3. The second-order valence-corrected chi connectivity index (χ2v) is 23.0. The lowest BCUT2D eigenvalue weighted by atomic mass is 10.0. The summed E-state index contributed by atoms with van der Waals surface area (Å²) >= 11 is 0. The van der Waals surface area contributed by atoms with Crippen molar-refractivity contribution in [1.29, 1.82) is 0 Å². The van der Waals surface area contributed by atoms with Crippen LogP contribution < -0.4 is 0 Å². The van der Waals surface area contributed by atoms with E-state index >= 15 is 0 Å². The molecule has 0 radical (unpaired) electrons.